The Balaban J connectivity index is 1.72. The average Bonchev–Trinajstić information content (AvgIpc) is 2.75. The second kappa shape index (κ2) is 7.62. The summed E-state index contributed by atoms with van der Waals surface area (Å²) in [6.45, 7) is 0. The maximum absolute atomic E-state index is 12.8. The molecule has 4 rings (SSSR count). The molecule has 0 aliphatic rings. The predicted molar refractivity (Wildman–Crippen MR) is 111 cm³/mol. The smallest absolute Gasteiger partial charge is 0.255 e. The number of hydrogen-bond acceptors (Lipinski definition) is 4. The van der Waals surface area contributed by atoms with Crippen LogP contribution in [0.1, 0.15) is 11.3 Å². The Morgan fingerprint density at radius 2 is 1.50 bits per heavy atom. The van der Waals surface area contributed by atoms with Crippen LogP contribution in [0, 0.1) is 0 Å². The number of nitrogens with zero attached hydrogens (tertiary/aromatic N) is 2. The highest BCUT2D eigenvalue weighted by atomic mass is 32.2. The van der Waals surface area contributed by atoms with E-state index in [0.717, 1.165) is 16.3 Å². The first-order valence-electron chi connectivity index (χ1n) is 8.69. The van der Waals surface area contributed by atoms with E-state index in [1.165, 1.54) is 0 Å². The lowest BCUT2D eigenvalue weighted by molar-refractivity contribution is 0.584. The van der Waals surface area contributed by atoms with E-state index < -0.39 is 10.0 Å². The molecule has 3 aromatic carbocycles. The van der Waals surface area contributed by atoms with E-state index in [-0.39, 0.29) is 4.90 Å². The van der Waals surface area contributed by atoms with Gasteiger partial charge in [-0.3, -0.25) is 4.98 Å². The molecule has 0 aliphatic carbocycles. The minimum Gasteiger partial charge on any atom is -0.255 e. The minimum atomic E-state index is -3.83. The van der Waals surface area contributed by atoms with Gasteiger partial charge in [-0.15, -0.1) is 0 Å². The summed E-state index contributed by atoms with van der Waals surface area (Å²) in [6.07, 6.45) is 1.64. The molecule has 1 aromatic heterocycles. The number of nitrogens with one attached hydrogen (secondary N) is 1. The number of aromatic nitrogens is 1. The lowest BCUT2D eigenvalue weighted by atomic mass is 10.1. The molecular formula is C22H17N3O2S. The molecule has 4 aromatic rings. The molecule has 0 saturated carbocycles. The Labute approximate surface area is 163 Å². The molecule has 28 heavy (non-hydrogen) atoms. The number of hydrazone groups is 1. The van der Waals surface area contributed by atoms with Gasteiger partial charge in [-0.05, 0) is 35.0 Å². The molecule has 6 heteroatoms. The number of rotatable bonds is 5. The van der Waals surface area contributed by atoms with Crippen molar-refractivity contribution in [3.8, 4) is 0 Å². The van der Waals surface area contributed by atoms with Crippen molar-refractivity contribution in [2.45, 2.75) is 4.90 Å². The minimum absolute atomic E-state index is 0.156. The molecule has 0 saturated heterocycles. The first-order chi connectivity index (χ1) is 13.6. The fourth-order valence-electron chi connectivity index (χ4n) is 2.86. The zero-order valence-electron chi connectivity index (χ0n) is 14.9. The predicted octanol–water partition coefficient (Wildman–Crippen LogP) is 3.97. The zero-order chi connectivity index (χ0) is 19.4. The number of hydrogen-bond donors (Lipinski definition) is 1. The van der Waals surface area contributed by atoms with Gasteiger partial charge in [0.25, 0.3) is 10.0 Å². The van der Waals surface area contributed by atoms with Crippen molar-refractivity contribution < 1.29 is 8.42 Å². The largest absolute Gasteiger partial charge is 0.276 e. The first kappa shape index (κ1) is 17.9. The van der Waals surface area contributed by atoms with Crippen LogP contribution in [0.5, 0.6) is 0 Å². The van der Waals surface area contributed by atoms with Gasteiger partial charge in [-0.2, -0.15) is 18.4 Å². The fourth-order valence-corrected chi connectivity index (χ4v) is 3.71. The van der Waals surface area contributed by atoms with Crippen molar-refractivity contribution >= 4 is 26.5 Å². The molecule has 0 bridgehead atoms. The van der Waals surface area contributed by atoms with E-state index in [2.05, 4.69) is 14.9 Å². The summed E-state index contributed by atoms with van der Waals surface area (Å²) in [4.78, 5) is 6.82. The SMILES string of the molecule is O=S(=O)(N/N=C(/c1ccccc1)c1ccccn1)c1ccc2ccccc2c1. The summed E-state index contributed by atoms with van der Waals surface area (Å²) in [6, 6.07) is 27.3. The fraction of sp³-hybridized carbons (Fsp3) is 0. The number of fused-ring (bicyclic) bond motifs is 1. The van der Waals surface area contributed by atoms with Crippen molar-refractivity contribution in [3.63, 3.8) is 0 Å². The first-order valence-corrected chi connectivity index (χ1v) is 10.2. The molecule has 0 spiro atoms. The second-order valence-electron chi connectivity index (χ2n) is 6.15. The summed E-state index contributed by atoms with van der Waals surface area (Å²) in [7, 11) is -3.83. The van der Waals surface area contributed by atoms with Gasteiger partial charge in [0.2, 0.25) is 0 Å². The Hall–Kier alpha value is -3.51. The zero-order valence-corrected chi connectivity index (χ0v) is 15.7. The quantitative estimate of drug-likeness (QED) is 0.416. The van der Waals surface area contributed by atoms with Gasteiger partial charge < -0.3 is 0 Å². The monoisotopic (exact) mass is 387 g/mol. The van der Waals surface area contributed by atoms with E-state index in [1.807, 2.05) is 60.7 Å². The van der Waals surface area contributed by atoms with Crippen LogP contribution in [0.2, 0.25) is 0 Å². The third kappa shape index (κ3) is 3.77. The normalized spacial score (nSPS) is 12.1. The van der Waals surface area contributed by atoms with E-state index in [1.54, 1.807) is 36.5 Å². The number of pyridine rings is 1. The van der Waals surface area contributed by atoms with Crippen LogP contribution in [-0.4, -0.2) is 19.1 Å². The van der Waals surface area contributed by atoms with Gasteiger partial charge in [0.05, 0.1) is 10.6 Å². The topological polar surface area (TPSA) is 71.4 Å². The van der Waals surface area contributed by atoms with E-state index >= 15 is 0 Å². The van der Waals surface area contributed by atoms with Crippen molar-refractivity contribution in [2.75, 3.05) is 0 Å². The molecular weight excluding hydrogens is 370 g/mol. The Kier molecular flexibility index (Phi) is 4.87. The third-order valence-electron chi connectivity index (χ3n) is 4.26. The number of benzene rings is 3. The summed E-state index contributed by atoms with van der Waals surface area (Å²) in [5.74, 6) is 0. The molecule has 5 nitrogen and oxygen atoms in total. The molecule has 0 atom stereocenters. The summed E-state index contributed by atoms with van der Waals surface area (Å²) < 4.78 is 25.6. The molecule has 0 fully saturated rings. The van der Waals surface area contributed by atoms with Crippen LogP contribution in [0.3, 0.4) is 0 Å². The van der Waals surface area contributed by atoms with Crippen LogP contribution in [0.15, 0.2) is 107 Å². The molecule has 0 amide bonds. The number of sulfonamides is 1. The lowest BCUT2D eigenvalue weighted by Crippen LogP contribution is -2.21. The molecule has 0 radical (unpaired) electrons. The highest BCUT2D eigenvalue weighted by molar-refractivity contribution is 7.89. The van der Waals surface area contributed by atoms with Gasteiger partial charge in [-0.1, -0.05) is 66.7 Å². The van der Waals surface area contributed by atoms with Crippen LogP contribution in [-0.2, 0) is 10.0 Å². The van der Waals surface area contributed by atoms with Crippen LogP contribution < -0.4 is 4.83 Å². The molecule has 138 valence electrons. The van der Waals surface area contributed by atoms with Crippen LogP contribution >= 0.6 is 0 Å². The highest BCUT2D eigenvalue weighted by Gasteiger charge is 2.15. The van der Waals surface area contributed by atoms with Crippen LogP contribution in [0.25, 0.3) is 10.8 Å². The second-order valence-corrected chi connectivity index (χ2v) is 7.81. The Morgan fingerprint density at radius 1 is 0.786 bits per heavy atom. The average molecular weight is 387 g/mol. The van der Waals surface area contributed by atoms with Crippen molar-refractivity contribution in [2.24, 2.45) is 5.10 Å². The molecule has 1 N–H and O–H groups in total. The molecule has 1 heterocycles. The highest BCUT2D eigenvalue weighted by Crippen LogP contribution is 2.19. The molecule has 0 unspecified atom stereocenters. The van der Waals surface area contributed by atoms with Gasteiger partial charge in [0, 0.05) is 11.8 Å². The summed E-state index contributed by atoms with van der Waals surface area (Å²) >= 11 is 0. The van der Waals surface area contributed by atoms with Crippen molar-refractivity contribution in [3.05, 3.63) is 108 Å². The van der Waals surface area contributed by atoms with Gasteiger partial charge in [-0.25, -0.2) is 0 Å². The lowest BCUT2D eigenvalue weighted by Gasteiger charge is -2.09. The van der Waals surface area contributed by atoms with Gasteiger partial charge >= 0.3 is 0 Å². The Bertz CT molecular complexity index is 1200. The third-order valence-corrected chi connectivity index (χ3v) is 5.47. The maximum Gasteiger partial charge on any atom is 0.276 e. The van der Waals surface area contributed by atoms with Gasteiger partial charge in [0.15, 0.2) is 0 Å². The van der Waals surface area contributed by atoms with E-state index in [0.29, 0.717) is 11.4 Å². The summed E-state index contributed by atoms with van der Waals surface area (Å²) in [5, 5.41) is 6.03. The van der Waals surface area contributed by atoms with Crippen molar-refractivity contribution in [1.29, 1.82) is 0 Å². The standard InChI is InChI=1S/C22H17N3O2S/c26-28(27,20-14-13-17-8-4-5-11-19(17)16-20)25-24-22(18-9-2-1-3-10-18)21-12-6-7-15-23-21/h1-16,25H/b24-22-. The van der Waals surface area contributed by atoms with E-state index in [4.69, 9.17) is 0 Å². The van der Waals surface area contributed by atoms with E-state index in [9.17, 15) is 8.42 Å². The Morgan fingerprint density at radius 3 is 2.25 bits per heavy atom. The van der Waals surface area contributed by atoms with Crippen molar-refractivity contribution in [1.82, 2.24) is 9.82 Å². The van der Waals surface area contributed by atoms with Gasteiger partial charge in [0.1, 0.15) is 5.71 Å². The summed E-state index contributed by atoms with van der Waals surface area (Å²) in [5.41, 5.74) is 1.79. The molecule has 0 aliphatic heterocycles. The maximum atomic E-state index is 12.8. The van der Waals surface area contributed by atoms with Crippen LogP contribution in [0.4, 0.5) is 0 Å².